The highest BCUT2D eigenvalue weighted by Crippen LogP contribution is 2.32. The molecule has 1 atom stereocenters. The van der Waals surface area contributed by atoms with Crippen molar-refractivity contribution in [1.82, 2.24) is 5.32 Å². The molecule has 1 N–H and O–H groups in total. The fourth-order valence-electron chi connectivity index (χ4n) is 3.09. The van der Waals surface area contributed by atoms with Gasteiger partial charge in [-0.3, -0.25) is 9.10 Å². The van der Waals surface area contributed by atoms with Gasteiger partial charge in [-0.2, -0.15) is 0 Å². The first-order valence-electron chi connectivity index (χ1n) is 9.70. The van der Waals surface area contributed by atoms with Gasteiger partial charge >= 0.3 is 0 Å². The minimum Gasteiger partial charge on any atom is -0.495 e. The van der Waals surface area contributed by atoms with Crippen molar-refractivity contribution in [3.8, 4) is 11.5 Å². The SMILES string of the molecule is COc1ccc(C)cc1N([C@H](C)C(=O)NCc1cccc(OC(C)C)c1)S(C)(=O)=O. The summed E-state index contributed by atoms with van der Waals surface area (Å²) in [6.07, 6.45) is 1.12. The Labute approximate surface area is 179 Å². The molecule has 2 aromatic rings. The molecule has 2 aromatic carbocycles. The quantitative estimate of drug-likeness (QED) is 0.655. The van der Waals surface area contributed by atoms with Crippen LogP contribution in [0.15, 0.2) is 42.5 Å². The number of nitrogens with zero attached hydrogens (tertiary/aromatic N) is 1. The van der Waals surface area contributed by atoms with Crippen LogP contribution in [-0.4, -0.2) is 39.8 Å². The Balaban J connectivity index is 2.22. The zero-order valence-electron chi connectivity index (χ0n) is 18.3. The van der Waals surface area contributed by atoms with Gasteiger partial charge < -0.3 is 14.8 Å². The number of benzene rings is 2. The number of anilines is 1. The van der Waals surface area contributed by atoms with Crippen molar-refractivity contribution >= 4 is 21.6 Å². The summed E-state index contributed by atoms with van der Waals surface area (Å²) in [6.45, 7) is 7.53. The van der Waals surface area contributed by atoms with Crippen LogP contribution in [0.1, 0.15) is 31.9 Å². The minimum absolute atomic E-state index is 0.0440. The van der Waals surface area contributed by atoms with Crippen molar-refractivity contribution in [2.45, 2.75) is 46.4 Å². The summed E-state index contributed by atoms with van der Waals surface area (Å²) in [5.74, 6) is 0.676. The number of ether oxygens (including phenoxy) is 2. The maximum Gasteiger partial charge on any atom is 0.243 e. The zero-order chi connectivity index (χ0) is 22.5. The van der Waals surface area contributed by atoms with Gasteiger partial charge in [0, 0.05) is 6.54 Å². The van der Waals surface area contributed by atoms with Crippen molar-refractivity contribution in [1.29, 1.82) is 0 Å². The van der Waals surface area contributed by atoms with E-state index in [1.807, 2.05) is 51.1 Å². The lowest BCUT2D eigenvalue weighted by Crippen LogP contribution is -2.47. The molecule has 164 valence electrons. The van der Waals surface area contributed by atoms with E-state index in [4.69, 9.17) is 9.47 Å². The van der Waals surface area contributed by atoms with Crippen LogP contribution in [0.2, 0.25) is 0 Å². The van der Waals surface area contributed by atoms with E-state index in [9.17, 15) is 13.2 Å². The number of carbonyl (C=O) groups is 1. The molecule has 0 unspecified atom stereocenters. The predicted molar refractivity (Wildman–Crippen MR) is 119 cm³/mol. The van der Waals surface area contributed by atoms with Crippen molar-refractivity contribution in [2.24, 2.45) is 0 Å². The Morgan fingerprint density at radius 2 is 1.83 bits per heavy atom. The third-order valence-electron chi connectivity index (χ3n) is 4.40. The van der Waals surface area contributed by atoms with Crippen LogP contribution in [0, 0.1) is 6.92 Å². The van der Waals surface area contributed by atoms with E-state index in [2.05, 4.69) is 5.32 Å². The molecule has 0 aliphatic heterocycles. The fraction of sp³-hybridized carbons (Fsp3) is 0.409. The van der Waals surface area contributed by atoms with Gasteiger partial charge in [-0.1, -0.05) is 18.2 Å². The van der Waals surface area contributed by atoms with Gasteiger partial charge in [-0.05, 0) is 63.1 Å². The predicted octanol–water partition coefficient (Wildman–Crippen LogP) is 3.26. The zero-order valence-corrected chi connectivity index (χ0v) is 19.1. The highest BCUT2D eigenvalue weighted by molar-refractivity contribution is 7.92. The number of aryl methyl sites for hydroxylation is 1. The monoisotopic (exact) mass is 434 g/mol. The second-order valence-corrected chi connectivity index (χ2v) is 9.30. The number of nitrogens with one attached hydrogen (secondary N) is 1. The standard InChI is InChI=1S/C22H30N2O5S/c1-15(2)29-19-9-7-8-18(13-19)14-23-22(25)17(4)24(30(6,26)27)20-12-16(3)10-11-21(20)28-5/h7-13,15,17H,14H2,1-6H3,(H,23,25)/t17-/m1/s1. The molecular formula is C22H30N2O5S. The lowest BCUT2D eigenvalue weighted by atomic mass is 10.1. The van der Waals surface area contributed by atoms with Gasteiger partial charge in [0.15, 0.2) is 0 Å². The van der Waals surface area contributed by atoms with Gasteiger partial charge in [-0.15, -0.1) is 0 Å². The number of amides is 1. The van der Waals surface area contributed by atoms with Gasteiger partial charge in [-0.25, -0.2) is 8.42 Å². The number of hydrogen-bond donors (Lipinski definition) is 1. The Kier molecular flexibility index (Phi) is 7.72. The second-order valence-electron chi connectivity index (χ2n) is 7.44. The summed E-state index contributed by atoms with van der Waals surface area (Å²) in [6, 6.07) is 11.7. The Bertz CT molecular complexity index is 989. The molecule has 0 aliphatic carbocycles. The highest BCUT2D eigenvalue weighted by atomic mass is 32.2. The fourth-order valence-corrected chi connectivity index (χ4v) is 4.26. The number of rotatable bonds is 9. The minimum atomic E-state index is -3.74. The molecule has 30 heavy (non-hydrogen) atoms. The molecule has 2 rings (SSSR count). The van der Waals surface area contributed by atoms with Crippen molar-refractivity contribution in [3.05, 3.63) is 53.6 Å². The summed E-state index contributed by atoms with van der Waals surface area (Å²) in [5, 5.41) is 2.81. The van der Waals surface area contributed by atoms with E-state index >= 15 is 0 Å². The smallest absolute Gasteiger partial charge is 0.243 e. The number of hydrogen-bond acceptors (Lipinski definition) is 5. The van der Waals surface area contributed by atoms with Crippen LogP contribution < -0.4 is 19.1 Å². The molecule has 0 spiro atoms. The molecule has 0 aliphatic rings. The number of carbonyl (C=O) groups excluding carboxylic acids is 1. The van der Waals surface area contributed by atoms with E-state index in [-0.39, 0.29) is 12.6 Å². The first-order valence-corrected chi connectivity index (χ1v) is 11.5. The summed E-state index contributed by atoms with van der Waals surface area (Å²) >= 11 is 0. The Hall–Kier alpha value is -2.74. The third-order valence-corrected chi connectivity index (χ3v) is 5.62. The molecule has 7 nitrogen and oxygen atoms in total. The first kappa shape index (κ1) is 23.5. The highest BCUT2D eigenvalue weighted by Gasteiger charge is 2.31. The molecule has 0 saturated heterocycles. The number of sulfonamides is 1. The van der Waals surface area contributed by atoms with Crippen LogP contribution >= 0.6 is 0 Å². The maximum atomic E-state index is 12.8. The van der Waals surface area contributed by atoms with Crippen LogP contribution in [0.3, 0.4) is 0 Å². The van der Waals surface area contributed by atoms with Gasteiger partial charge in [0.25, 0.3) is 0 Å². The summed E-state index contributed by atoms with van der Waals surface area (Å²) in [4.78, 5) is 12.8. The van der Waals surface area contributed by atoms with Gasteiger partial charge in [0.1, 0.15) is 17.5 Å². The van der Waals surface area contributed by atoms with E-state index in [0.29, 0.717) is 17.2 Å². The van der Waals surface area contributed by atoms with Crippen molar-refractivity contribution < 1.29 is 22.7 Å². The average Bonchev–Trinajstić information content (AvgIpc) is 2.65. The molecule has 0 heterocycles. The lowest BCUT2D eigenvalue weighted by Gasteiger charge is -2.29. The van der Waals surface area contributed by atoms with Crippen LogP contribution in [0.25, 0.3) is 0 Å². The topological polar surface area (TPSA) is 84.9 Å². The lowest BCUT2D eigenvalue weighted by molar-refractivity contribution is -0.122. The molecule has 0 bridgehead atoms. The van der Waals surface area contributed by atoms with Crippen LogP contribution in [0.5, 0.6) is 11.5 Å². The Morgan fingerprint density at radius 3 is 2.43 bits per heavy atom. The van der Waals surface area contributed by atoms with Crippen molar-refractivity contribution in [3.63, 3.8) is 0 Å². The second kappa shape index (κ2) is 9.84. The number of methoxy groups -OCH3 is 1. The molecule has 8 heteroatoms. The normalized spacial score (nSPS) is 12.4. The van der Waals surface area contributed by atoms with Crippen LogP contribution in [-0.2, 0) is 21.4 Å². The largest absolute Gasteiger partial charge is 0.495 e. The molecule has 0 radical (unpaired) electrons. The summed E-state index contributed by atoms with van der Waals surface area (Å²) in [7, 11) is -2.28. The first-order chi connectivity index (χ1) is 14.0. The van der Waals surface area contributed by atoms with Crippen LogP contribution in [0.4, 0.5) is 5.69 Å². The maximum absolute atomic E-state index is 12.8. The van der Waals surface area contributed by atoms with Gasteiger partial charge in [0.2, 0.25) is 15.9 Å². The average molecular weight is 435 g/mol. The Morgan fingerprint density at radius 1 is 1.13 bits per heavy atom. The van der Waals surface area contributed by atoms with E-state index in [0.717, 1.165) is 21.7 Å². The molecular weight excluding hydrogens is 404 g/mol. The molecule has 0 saturated carbocycles. The van der Waals surface area contributed by atoms with E-state index < -0.39 is 22.0 Å². The van der Waals surface area contributed by atoms with E-state index in [1.165, 1.54) is 7.11 Å². The molecule has 1 amide bonds. The summed E-state index contributed by atoms with van der Waals surface area (Å²) in [5.41, 5.74) is 2.04. The van der Waals surface area contributed by atoms with Crippen molar-refractivity contribution in [2.75, 3.05) is 17.7 Å². The molecule has 0 aromatic heterocycles. The summed E-state index contributed by atoms with van der Waals surface area (Å²) < 4.78 is 37.2. The van der Waals surface area contributed by atoms with Gasteiger partial charge in [0.05, 0.1) is 25.2 Å². The van der Waals surface area contributed by atoms with E-state index in [1.54, 1.807) is 19.1 Å². The third kappa shape index (κ3) is 6.13. The molecule has 0 fully saturated rings.